The van der Waals surface area contributed by atoms with Crippen LogP contribution in [-0.2, 0) is 6.54 Å². The molecule has 2 aromatic rings. The van der Waals surface area contributed by atoms with Crippen LogP contribution in [0.4, 0.5) is 0 Å². The predicted octanol–water partition coefficient (Wildman–Crippen LogP) is 1.42. The number of hydrogen-bond donors (Lipinski definition) is 2. The van der Waals surface area contributed by atoms with E-state index in [0.717, 1.165) is 10.4 Å². The van der Waals surface area contributed by atoms with Gasteiger partial charge in [-0.2, -0.15) is 0 Å². The number of amides is 1. The first-order chi connectivity index (χ1) is 9.31. The lowest BCUT2D eigenvalue weighted by Crippen LogP contribution is -2.22. The minimum Gasteiger partial charge on any atom is -0.384 e. The van der Waals surface area contributed by atoms with Crippen molar-refractivity contribution in [3.8, 4) is 11.8 Å². The molecule has 0 aliphatic rings. The molecule has 2 rings (SSSR count). The van der Waals surface area contributed by atoms with Gasteiger partial charge in [-0.05, 0) is 23.6 Å². The van der Waals surface area contributed by atoms with Crippen molar-refractivity contribution in [1.82, 2.24) is 10.3 Å². The molecule has 0 radical (unpaired) electrons. The van der Waals surface area contributed by atoms with Crippen molar-refractivity contribution in [3.63, 3.8) is 0 Å². The molecule has 0 bridgehead atoms. The molecule has 0 fully saturated rings. The molecule has 4 nitrogen and oxygen atoms in total. The summed E-state index contributed by atoms with van der Waals surface area (Å²) in [6.07, 6.45) is 3.15. The number of carbonyl (C=O) groups is 1. The monoisotopic (exact) mass is 272 g/mol. The Morgan fingerprint density at radius 2 is 2.37 bits per heavy atom. The highest BCUT2D eigenvalue weighted by molar-refractivity contribution is 7.10. The Balaban J connectivity index is 2.00. The lowest BCUT2D eigenvalue weighted by molar-refractivity contribution is 0.0951. The van der Waals surface area contributed by atoms with Crippen LogP contribution in [0.1, 0.15) is 20.8 Å². The van der Waals surface area contributed by atoms with Crippen molar-refractivity contribution >= 4 is 17.2 Å². The molecule has 0 atom stereocenters. The summed E-state index contributed by atoms with van der Waals surface area (Å²) in [5.41, 5.74) is 1.37. The van der Waals surface area contributed by atoms with E-state index < -0.39 is 0 Å². The summed E-state index contributed by atoms with van der Waals surface area (Å²) < 4.78 is 0. The van der Waals surface area contributed by atoms with E-state index in [1.54, 1.807) is 18.3 Å². The van der Waals surface area contributed by atoms with E-state index >= 15 is 0 Å². The summed E-state index contributed by atoms with van der Waals surface area (Å²) in [6, 6.07) is 5.31. The van der Waals surface area contributed by atoms with Crippen molar-refractivity contribution in [2.75, 3.05) is 6.61 Å². The highest BCUT2D eigenvalue weighted by atomic mass is 32.1. The van der Waals surface area contributed by atoms with Crippen LogP contribution in [0.15, 0.2) is 36.0 Å². The zero-order valence-electron chi connectivity index (χ0n) is 10.1. The van der Waals surface area contributed by atoms with Crippen molar-refractivity contribution in [2.24, 2.45) is 0 Å². The van der Waals surface area contributed by atoms with E-state index in [2.05, 4.69) is 22.1 Å². The quantitative estimate of drug-likeness (QED) is 0.831. The molecule has 5 heteroatoms. The maximum absolute atomic E-state index is 11.8. The van der Waals surface area contributed by atoms with E-state index in [1.807, 2.05) is 11.4 Å². The van der Waals surface area contributed by atoms with Crippen molar-refractivity contribution in [2.45, 2.75) is 6.54 Å². The average molecular weight is 272 g/mol. The van der Waals surface area contributed by atoms with Crippen molar-refractivity contribution < 1.29 is 9.90 Å². The normalized spacial score (nSPS) is 9.53. The van der Waals surface area contributed by atoms with E-state index in [-0.39, 0.29) is 12.5 Å². The molecular formula is C14H12N2O2S. The highest BCUT2D eigenvalue weighted by Crippen LogP contribution is 2.15. The highest BCUT2D eigenvalue weighted by Gasteiger charge is 2.07. The molecule has 2 heterocycles. The van der Waals surface area contributed by atoms with E-state index in [0.29, 0.717) is 12.1 Å². The number of aliphatic hydroxyl groups excluding tert-OH is 1. The van der Waals surface area contributed by atoms with E-state index in [9.17, 15) is 4.79 Å². The first kappa shape index (κ1) is 13.3. The SMILES string of the molecule is O=C(NCc1sccc1C#CCO)c1cccnc1. The first-order valence-corrected chi connectivity index (χ1v) is 6.53. The summed E-state index contributed by atoms with van der Waals surface area (Å²) in [4.78, 5) is 16.7. The zero-order chi connectivity index (χ0) is 13.5. The first-order valence-electron chi connectivity index (χ1n) is 5.65. The minimum absolute atomic E-state index is 0.164. The molecule has 0 saturated carbocycles. The van der Waals surface area contributed by atoms with Crippen LogP contribution in [0.5, 0.6) is 0 Å². The number of nitrogens with zero attached hydrogens (tertiary/aromatic N) is 1. The molecule has 2 aromatic heterocycles. The third-order valence-corrected chi connectivity index (χ3v) is 3.30. The molecule has 0 unspecified atom stereocenters. The van der Waals surface area contributed by atoms with Crippen LogP contribution in [0.25, 0.3) is 0 Å². The summed E-state index contributed by atoms with van der Waals surface area (Å²) in [7, 11) is 0. The van der Waals surface area contributed by atoms with Crippen molar-refractivity contribution in [1.29, 1.82) is 0 Å². The fourth-order valence-corrected chi connectivity index (χ4v) is 2.25. The second-order valence-corrected chi connectivity index (χ2v) is 4.64. The molecule has 1 amide bonds. The van der Waals surface area contributed by atoms with Crippen LogP contribution >= 0.6 is 11.3 Å². The summed E-state index contributed by atoms with van der Waals surface area (Å²) in [6.45, 7) is 0.248. The van der Waals surface area contributed by atoms with Gasteiger partial charge in [0, 0.05) is 22.8 Å². The molecule has 0 aliphatic heterocycles. The minimum atomic E-state index is -0.169. The van der Waals surface area contributed by atoms with Crippen LogP contribution < -0.4 is 5.32 Å². The Kier molecular flexibility index (Phi) is 4.67. The fourth-order valence-electron chi connectivity index (χ4n) is 1.48. The van der Waals surface area contributed by atoms with Gasteiger partial charge in [0.1, 0.15) is 6.61 Å². The number of rotatable bonds is 3. The van der Waals surface area contributed by atoms with Crippen LogP contribution in [-0.4, -0.2) is 22.6 Å². The van der Waals surface area contributed by atoms with Gasteiger partial charge in [-0.25, -0.2) is 0 Å². The van der Waals surface area contributed by atoms with Crippen LogP contribution in [0, 0.1) is 11.8 Å². The number of thiophene rings is 1. The second kappa shape index (κ2) is 6.69. The Bertz CT molecular complexity index is 611. The smallest absolute Gasteiger partial charge is 0.253 e. The summed E-state index contributed by atoms with van der Waals surface area (Å²) >= 11 is 1.52. The molecule has 0 spiro atoms. The average Bonchev–Trinajstić information content (AvgIpc) is 2.91. The third-order valence-electron chi connectivity index (χ3n) is 2.38. The van der Waals surface area contributed by atoms with Gasteiger partial charge in [-0.3, -0.25) is 9.78 Å². The molecule has 2 N–H and O–H groups in total. The number of pyridine rings is 1. The van der Waals surface area contributed by atoms with Gasteiger partial charge in [0.25, 0.3) is 5.91 Å². The topological polar surface area (TPSA) is 62.2 Å². The predicted molar refractivity (Wildman–Crippen MR) is 73.7 cm³/mol. The Labute approximate surface area is 115 Å². The zero-order valence-corrected chi connectivity index (χ0v) is 10.9. The molecule has 0 aliphatic carbocycles. The van der Waals surface area contributed by atoms with Crippen molar-refractivity contribution in [3.05, 3.63) is 52.0 Å². The standard InChI is InChI=1S/C14H12N2O2S/c17-7-2-4-11-5-8-19-13(11)10-16-14(18)12-3-1-6-15-9-12/h1,3,5-6,8-9,17H,7,10H2,(H,16,18). The lowest BCUT2D eigenvalue weighted by Gasteiger charge is -2.03. The summed E-state index contributed by atoms with van der Waals surface area (Å²) in [5.74, 6) is 5.29. The van der Waals surface area contributed by atoms with Gasteiger partial charge in [0.05, 0.1) is 12.1 Å². The lowest BCUT2D eigenvalue weighted by atomic mass is 10.2. The van der Waals surface area contributed by atoms with Crippen LogP contribution in [0.3, 0.4) is 0 Å². The third kappa shape index (κ3) is 3.65. The molecule has 0 aromatic carbocycles. The number of aliphatic hydroxyl groups is 1. The van der Waals surface area contributed by atoms with Gasteiger partial charge in [0.15, 0.2) is 0 Å². The molecule has 96 valence electrons. The largest absolute Gasteiger partial charge is 0.384 e. The van der Waals surface area contributed by atoms with Gasteiger partial charge in [-0.15, -0.1) is 11.3 Å². The fraction of sp³-hybridized carbons (Fsp3) is 0.143. The van der Waals surface area contributed by atoms with Gasteiger partial charge in [0.2, 0.25) is 0 Å². The van der Waals surface area contributed by atoms with Gasteiger partial charge in [-0.1, -0.05) is 11.8 Å². The maximum Gasteiger partial charge on any atom is 0.253 e. The van der Waals surface area contributed by atoms with Crippen LogP contribution in [0.2, 0.25) is 0 Å². The van der Waals surface area contributed by atoms with E-state index in [1.165, 1.54) is 17.5 Å². The Morgan fingerprint density at radius 1 is 1.47 bits per heavy atom. The number of aromatic nitrogens is 1. The summed E-state index contributed by atoms with van der Waals surface area (Å²) in [5, 5.41) is 13.4. The molecular weight excluding hydrogens is 260 g/mol. The number of hydrogen-bond acceptors (Lipinski definition) is 4. The number of nitrogens with one attached hydrogen (secondary N) is 1. The van der Waals surface area contributed by atoms with E-state index in [4.69, 9.17) is 5.11 Å². The Hall–Kier alpha value is -2.16. The molecule has 0 saturated heterocycles. The molecule has 19 heavy (non-hydrogen) atoms. The van der Waals surface area contributed by atoms with Gasteiger partial charge >= 0.3 is 0 Å². The maximum atomic E-state index is 11.8. The second-order valence-electron chi connectivity index (χ2n) is 3.64. The number of carbonyl (C=O) groups excluding carboxylic acids is 1. The van der Waals surface area contributed by atoms with Gasteiger partial charge < -0.3 is 10.4 Å². The Morgan fingerprint density at radius 3 is 3.11 bits per heavy atom.